The number of fused-ring (bicyclic) bond motifs is 4. The Balaban J connectivity index is 0.969. The minimum atomic E-state index is -0.700. The van der Waals surface area contributed by atoms with Crippen LogP contribution >= 0.6 is 0 Å². The molecule has 1 saturated heterocycles. The van der Waals surface area contributed by atoms with Gasteiger partial charge >= 0.3 is 0 Å². The molecule has 0 aliphatic carbocycles. The van der Waals surface area contributed by atoms with Gasteiger partial charge in [0, 0.05) is 24.1 Å². The maximum Gasteiger partial charge on any atom is 0.258 e. The van der Waals surface area contributed by atoms with E-state index in [9.17, 15) is 19.2 Å². The molecule has 0 saturated carbocycles. The van der Waals surface area contributed by atoms with Gasteiger partial charge in [0.25, 0.3) is 5.91 Å². The number of aromatic nitrogens is 1. The molecule has 0 spiro atoms. The van der Waals surface area contributed by atoms with E-state index in [4.69, 9.17) is 23.9 Å². The molecule has 3 aliphatic rings. The van der Waals surface area contributed by atoms with Crippen LogP contribution in [0, 0.1) is 11.8 Å². The molecule has 56 heavy (non-hydrogen) atoms. The smallest absolute Gasteiger partial charge is 0.258 e. The lowest BCUT2D eigenvalue weighted by molar-refractivity contribution is -0.137. The van der Waals surface area contributed by atoms with Crippen molar-refractivity contribution in [3.8, 4) is 68.5 Å². The first kappa shape index (κ1) is 35.9. The number of hydrogen-bond acceptors (Lipinski definition) is 9. The van der Waals surface area contributed by atoms with E-state index in [0.717, 1.165) is 39.1 Å². The number of methoxy groups -OCH3 is 2. The molecular formula is C44H36N4O8. The van der Waals surface area contributed by atoms with E-state index in [2.05, 4.69) is 22.5 Å². The number of carbonyl (C=O) groups excluding carboxylic acids is 4. The summed E-state index contributed by atoms with van der Waals surface area (Å²) in [6.07, 6.45) is 0.625. The monoisotopic (exact) mass is 748 g/mol. The molecule has 8 rings (SSSR count). The number of imide groups is 1. The van der Waals surface area contributed by atoms with Crippen LogP contribution in [0.3, 0.4) is 0 Å². The van der Waals surface area contributed by atoms with E-state index in [-0.39, 0.29) is 56.7 Å². The molecule has 5 aromatic rings. The average molecular weight is 749 g/mol. The van der Waals surface area contributed by atoms with Crippen LogP contribution in [0.4, 0.5) is 5.69 Å². The highest BCUT2D eigenvalue weighted by Gasteiger charge is 2.40. The van der Waals surface area contributed by atoms with Crippen LogP contribution in [0.25, 0.3) is 33.6 Å². The number of rotatable bonds is 9. The number of anilines is 1. The summed E-state index contributed by atoms with van der Waals surface area (Å²) in [6.45, 7) is 0.404. The largest absolute Gasteiger partial charge is 0.493 e. The Morgan fingerprint density at radius 2 is 1.52 bits per heavy atom. The van der Waals surface area contributed by atoms with Gasteiger partial charge in [0.2, 0.25) is 17.7 Å². The van der Waals surface area contributed by atoms with E-state index < -0.39 is 11.9 Å². The van der Waals surface area contributed by atoms with Crippen molar-refractivity contribution in [2.75, 3.05) is 32.8 Å². The molecule has 1 atom stereocenters. The Morgan fingerprint density at radius 3 is 2.30 bits per heavy atom. The van der Waals surface area contributed by atoms with Crippen molar-refractivity contribution in [1.29, 1.82) is 0 Å². The zero-order valence-corrected chi connectivity index (χ0v) is 30.6. The van der Waals surface area contributed by atoms with Gasteiger partial charge in [0.1, 0.15) is 30.8 Å². The van der Waals surface area contributed by atoms with Crippen LogP contribution in [-0.2, 0) is 27.3 Å². The quantitative estimate of drug-likeness (QED) is 0.141. The highest BCUT2D eigenvalue weighted by Crippen LogP contribution is 2.42. The van der Waals surface area contributed by atoms with Crippen LogP contribution in [0.2, 0.25) is 0 Å². The average Bonchev–Trinajstić information content (AvgIpc) is 3.47. The topological polar surface area (TPSA) is 145 Å². The van der Waals surface area contributed by atoms with E-state index in [0.29, 0.717) is 39.9 Å². The molecule has 2 N–H and O–H groups in total. The lowest BCUT2D eigenvalue weighted by Gasteiger charge is -2.29. The minimum absolute atomic E-state index is 0.0289. The number of nitrogens with zero attached hydrogens (tertiary/aromatic N) is 2. The number of piperidine rings is 1. The first-order valence-electron chi connectivity index (χ1n) is 18.0. The van der Waals surface area contributed by atoms with Gasteiger partial charge in [0.05, 0.1) is 43.3 Å². The van der Waals surface area contributed by atoms with Gasteiger partial charge < -0.3 is 29.2 Å². The number of para-hydroxylation sites is 1. The standard InChI is InChI=1S/C44H36N4O8/c1-53-36-18-14-27(22-38(36)54-2)31-23-34(46-42-30-9-3-4-10-33(30)45-40(50)24-32(31)42)26-12-15-29(16-13-26)55-20-5-6-21-56-37-11-7-8-28-25-48(44(52)41(28)37)35-17-19-39(49)47-43(35)51/h3-4,7-16,18,22-23,35H,17,19-21,24-25H2,1-2H3,(H,45,50)(H,47,49,51). The summed E-state index contributed by atoms with van der Waals surface area (Å²) in [5.74, 6) is 6.84. The minimum Gasteiger partial charge on any atom is -0.493 e. The normalized spacial score (nSPS) is 15.6. The maximum absolute atomic E-state index is 13.3. The Bertz CT molecular complexity index is 2470. The fourth-order valence-electron chi connectivity index (χ4n) is 7.29. The van der Waals surface area contributed by atoms with E-state index in [1.54, 1.807) is 26.4 Å². The second-order valence-corrected chi connectivity index (χ2v) is 13.4. The number of nitrogens with one attached hydrogen (secondary N) is 2. The van der Waals surface area contributed by atoms with Crippen molar-refractivity contribution < 1.29 is 38.1 Å². The zero-order valence-electron chi connectivity index (χ0n) is 30.6. The van der Waals surface area contributed by atoms with E-state index in [1.807, 2.05) is 78.9 Å². The molecule has 3 aliphatic heterocycles. The summed E-state index contributed by atoms with van der Waals surface area (Å²) in [5, 5.41) is 5.35. The van der Waals surface area contributed by atoms with Gasteiger partial charge in [0.15, 0.2) is 11.5 Å². The highest BCUT2D eigenvalue weighted by molar-refractivity contribution is 6.06. The molecule has 12 nitrogen and oxygen atoms in total. The van der Waals surface area contributed by atoms with Crippen molar-refractivity contribution in [3.63, 3.8) is 0 Å². The van der Waals surface area contributed by atoms with Crippen molar-refractivity contribution in [3.05, 3.63) is 108 Å². The fourth-order valence-corrected chi connectivity index (χ4v) is 7.29. The van der Waals surface area contributed by atoms with Gasteiger partial charge in [-0.3, -0.25) is 24.5 Å². The van der Waals surface area contributed by atoms with Crippen LogP contribution in [0.1, 0.15) is 34.3 Å². The van der Waals surface area contributed by atoms with Gasteiger partial charge in [-0.25, -0.2) is 4.98 Å². The first-order valence-corrected chi connectivity index (χ1v) is 18.0. The Labute approximate surface area is 322 Å². The van der Waals surface area contributed by atoms with Gasteiger partial charge in [-0.05, 0) is 83.3 Å². The number of hydrogen-bond donors (Lipinski definition) is 2. The van der Waals surface area contributed by atoms with E-state index >= 15 is 0 Å². The van der Waals surface area contributed by atoms with Crippen molar-refractivity contribution in [1.82, 2.24) is 15.2 Å². The van der Waals surface area contributed by atoms with Crippen LogP contribution in [0.15, 0.2) is 91.0 Å². The molecule has 280 valence electrons. The summed E-state index contributed by atoms with van der Waals surface area (Å²) in [6, 6.07) is 27.5. The van der Waals surface area contributed by atoms with Crippen molar-refractivity contribution in [2.24, 2.45) is 0 Å². The van der Waals surface area contributed by atoms with E-state index in [1.165, 1.54) is 4.90 Å². The summed E-state index contributed by atoms with van der Waals surface area (Å²) >= 11 is 0. The highest BCUT2D eigenvalue weighted by atomic mass is 16.5. The second kappa shape index (κ2) is 15.3. The number of carbonyl (C=O) groups is 4. The molecule has 1 aromatic heterocycles. The summed E-state index contributed by atoms with van der Waals surface area (Å²) in [5.41, 5.74) is 7.50. The number of amides is 4. The number of ether oxygens (including phenoxy) is 4. The van der Waals surface area contributed by atoms with Crippen LogP contribution in [0.5, 0.6) is 23.0 Å². The Morgan fingerprint density at radius 1 is 0.750 bits per heavy atom. The Kier molecular flexibility index (Phi) is 9.81. The fraction of sp³-hybridized carbons (Fsp3) is 0.205. The molecule has 1 fully saturated rings. The lowest BCUT2D eigenvalue weighted by atomic mass is 9.92. The molecule has 4 aromatic carbocycles. The Hall–Kier alpha value is -7.13. The second-order valence-electron chi connectivity index (χ2n) is 13.4. The molecule has 1 unspecified atom stereocenters. The predicted octanol–water partition coefficient (Wildman–Crippen LogP) is 5.82. The molecule has 12 heteroatoms. The van der Waals surface area contributed by atoms with Crippen LogP contribution < -0.4 is 29.6 Å². The summed E-state index contributed by atoms with van der Waals surface area (Å²) < 4.78 is 22.9. The van der Waals surface area contributed by atoms with Crippen molar-refractivity contribution in [2.45, 2.75) is 31.8 Å². The molecule has 0 bridgehead atoms. The third-order valence-corrected chi connectivity index (χ3v) is 10.0. The van der Waals surface area contributed by atoms with Crippen LogP contribution in [-0.4, -0.2) is 67.0 Å². The molecular weight excluding hydrogens is 713 g/mol. The summed E-state index contributed by atoms with van der Waals surface area (Å²) in [7, 11) is 3.18. The lowest BCUT2D eigenvalue weighted by Crippen LogP contribution is -2.52. The molecule has 4 heterocycles. The summed E-state index contributed by atoms with van der Waals surface area (Å²) in [4.78, 5) is 57.0. The van der Waals surface area contributed by atoms with Gasteiger partial charge in [-0.1, -0.05) is 48.2 Å². The van der Waals surface area contributed by atoms with Crippen molar-refractivity contribution >= 4 is 29.3 Å². The number of benzene rings is 4. The number of pyridine rings is 1. The van der Waals surface area contributed by atoms with Gasteiger partial charge in [-0.2, -0.15) is 0 Å². The molecule has 4 amide bonds. The third kappa shape index (κ3) is 6.98. The zero-order chi connectivity index (χ0) is 38.8. The first-order chi connectivity index (χ1) is 27.3. The predicted molar refractivity (Wildman–Crippen MR) is 207 cm³/mol. The molecule has 0 radical (unpaired) electrons. The third-order valence-electron chi connectivity index (χ3n) is 10.0. The van der Waals surface area contributed by atoms with Gasteiger partial charge in [-0.15, -0.1) is 0 Å². The SMILES string of the molecule is COc1ccc(-c2cc(-c3ccc(OCC#CCOc4cccc5c4C(=O)N(C4CCC(=O)NC4=O)C5)cc3)nc3c2CC(=O)Nc2ccccc2-3)cc1OC. The maximum atomic E-state index is 13.3.